The molecule has 2 aliphatic carbocycles. The Labute approximate surface area is 205 Å². The van der Waals surface area contributed by atoms with Crippen LogP contribution in [-0.4, -0.2) is 18.5 Å². The predicted octanol–water partition coefficient (Wildman–Crippen LogP) is 6.41. The number of ether oxygens (including phenoxy) is 1. The molecule has 3 aromatic rings. The first-order chi connectivity index (χ1) is 17.1. The van der Waals surface area contributed by atoms with E-state index < -0.39 is 0 Å². The molecule has 35 heavy (non-hydrogen) atoms. The number of benzene rings is 3. The second kappa shape index (κ2) is 8.88. The SMILES string of the molecule is CCOC(=O)c1ccc(NC(=O)c2ccc3c(c2)[C@@H]2[C@H]4CC[C@@H](C4)[C@@H]2[C@@H](c2ccccc2)N3)cc1. The molecule has 178 valence electrons. The van der Waals surface area contributed by atoms with Crippen molar-refractivity contribution in [3.05, 3.63) is 95.1 Å². The molecule has 1 heterocycles. The van der Waals surface area contributed by atoms with E-state index in [0.29, 0.717) is 47.2 Å². The van der Waals surface area contributed by atoms with Crippen molar-refractivity contribution in [2.24, 2.45) is 17.8 Å². The Morgan fingerprint density at radius 2 is 1.69 bits per heavy atom. The summed E-state index contributed by atoms with van der Waals surface area (Å²) in [5, 5.41) is 6.82. The zero-order valence-electron chi connectivity index (χ0n) is 19.9. The van der Waals surface area contributed by atoms with Gasteiger partial charge >= 0.3 is 5.97 Å². The molecule has 0 aromatic heterocycles. The molecule has 5 heteroatoms. The first kappa shape index (κ1) is 21.9. The first-order valence-electron chi connectivity index (χ1n) is 12.7. The van der Waals surface area contributed by atoms with Crippen molar-refractivity contribution < 1.29 is 14.3 Å². The maximum Gasteiger partial charge on any atom is 0.338 e. The van der Waals surface area contributed by atoms with E-state index in [9.17, 15) is 9.59 Å². The summed E-state index contributed by atoms with van der Waals surface area (Å²) in [4.78, 5) is 25.0. The highest BCUT2D eigenvalue weighted by atomic mass is 16.5. The summed E-state index contributed by atoms with van der Waals surface area (Å²) < 4.78 is 5.03. The molecule has 1 amide bonds. The second-order valence-corrected chi connectivity index (χ2v) is 10.0. The molecule has 1 aliphatic heterocycles. The Hall–Kier alpha value is -3.60. The van der Waals surface area contributed by atoms with Crippen molar-refractivity contribution in [2.45, 2.75) is 38.1 Å². The zero-order valence-corrected chi connectivity index (χ0v) is 19.9. The van der Waals surface area contributed by atoms with Crippen LogP contribution < -0.4 is 10.6 Å². The van der Waals surface area contributed by atoms with Crippen molar-refractivity contribution >= 4 is 23.3 Å². The summed E-state index contributed by atoms with van der Waals surface area (Å²) in [7, 11) is 0. The molecule has 0 radical (unpaired) electrons. The van der Waals surface area contributed by atoms with Gasteiger partial charge in [0.1, 0.15) is 0 Å². The highest BCUT2D eigenvalue weighted by Gasteiger charge is 2.53. The third-order valence-electron chi connectivity index (χ3n) is 8.16. The van der Waals surface area contributed by atoms with Crippen LogP contribution in [0.1, 0.15) is 70.0 Å². The first-order valence-corrected chi connectivity index (χ1v) is 12.7. The van der Waals surface area contributed by atoms with Crippen LogP contribution in [0.2, 0.25) is 0 Å². The Morgan fingerprint density at radius 3 is 2.46 bits per heavy atom. The van der Waals surface area contributed by atoms with Gasteiger partial charge in [-0.2, -0.15) is 0 Å². The number of anilines is 2. The molecule has 2 N–H and O–H groups in total. The average Bonchev–Trinajstić information content (AvgIpc) is 3.52. The van der Waals surface area contributed by atoms with Crippen LogP contribution in [-0.2, 0) is 4.74 Å². The molecule has 2 fully saturated rings. The molecule has 3 aliphatic rings. The average molecular weight is 467 g/mol. The van der Waals surface area contributed by atoms with Gasteiger partial charge in [0.25, 0.3) is 5.91 Å². The normalized spacial score (nSPS) is 25.8. The molecule has 5 atom stereocenters. The number of nitrogens with one attached hydrogen (secondary N) is 2. The van der Waals surface area contributed by atoms with Gasteiger partial charge in [0.15, 0.2) is 0 Å². The van der Waals surface area contributed by atoms with Crippen LogP contribution in [0, 0.1) is 17.8 Å². The second-order valence-electron chi connectivity index (χ2n) is 10.0. The Bertz CT molecular complexity index is 1250. The molecule has 2 bridgehead atoms. The lowest BCUT2D eigenvalue weighted by Gasteiger charge is -2.43. The fraction of sp³-hybridized carbons (Fsp3) is 0.333. The molecular weight excluding hydrogens is 436 g/mol. The van der Waals surface area contributed by atoms with Crippen molar-refractivity contribution in [1.29, 1.82) is 0 Å². The lowest BCUT2D eigenvalue weighted by Crippen LogP contribution is -2.35. The van der Waals surface area contributed by atoms with Gasteiger partial charge < -0.3 is 15.4 Å². The standard InChI is InChI=1S/C30H30N2O3/c1-2-35-30(34)19-10-13-23(14-11-19)31-29(33)22-12-15-25-24(17-22)26-20-8-9-21(16-20)27(26)28(32-25)18-6-4-3-5-7-18/h3-7,10-15,17,20-21,26-28,32H,2,8-9,16H2,1H3,(H,31,33)/t20-,21-,26-,27-,28+/m0/s1. The lowest BCUT2D eigenvalue weighted by atomic mass is 9.68. The largest absolute Gasteiger partial charge is 0.462 e. The van der Waals surface area contributed by atoms with Crippen LogP contribution in [0.25, 0.3) is 0 Å². The van der Waals surface area contributed by atoms with Crippen molar-refractivity contribution in [2.75, 3.05) is 17.2 Å². The van der Waals surface area contributed by atoms with Crippen LogP contribution in [0.15, 0.2) is 72.8 Å². The molecule has 0 spiro atoms. The smallest absolute Gasteiger partial charge is 0.338 e. The molecule has 0 unspecified atom stereocenters. The molecule has 3 aromatic carbocycles. The number of carbonyl (C=O) groups is 2. The van der Waals surface area contributed by atoms with E-state index in [1.54, 1.807) is 31.2 Å². The van der Waals surface area contributed by atoms with E-state index >= 15 is 0 Å². The topological polar surface area (TPSA) is 67.4 Å². The highest BCUT2D eigenvalue weighted by Crippen LogP contribution is 2.63. The lowest BCUT2D eigenvalue weighted by molar-refractivity contribution is 0.0526. The number of hydrogen-bond donors (Lipinski definition) is 2. The van der Waals surface area contributed by atoms with Crippen LogP contribution in [0.3, 0.4) is 0 Å². The minimum absolute atomic E-state index is 0.137. The highest BCUT2D eigenvalue weighted by molar-refractivity contribution is 6.05. The quantitative estimate of drug-likeness (QED) is 0.426. The number of rotatable bonds is 5. The predicted molar refractivity (Wildman–Crippen MR) is 137 cm³/mol. The molecule has 5 nitrogen and oxygen atoms in total. The van der Waals surface area contributed by atoms with Gasteiger partial charge in [-0.15, -0.1) is 0 Å². The maximum absolute atomic E-state index is 13.1. The molecule has 0 saturated heterocycles. The minimum Gasteiger partial charge on any atom is -0.462 e. The zero-order chi connectivity index (χ0) is 23.9. The van der Waals surface area contributed by atoms with E-state index in [-0.39, 0.29) is 11.9 Å². The van der Waals surface area contributed by atoms with Crippen molar-refractivity contribution in [1.82, 2.24) is 0 Å². The van der Waals surface area contributed by atoms with Crippen LogP contribution in [0.5, 0.6) is 0 Å². The number of esters is 1. The van der Waals surface area contributed by atoms with Gasteiger partial charge in [-0.05, 0) is 103 Å². The summed E-state index contributed by atoms with van der Waals surface area (Å²) >= 11 is 0. The van der Waals surface area contributed by atoms with E-state index in [1.165, 1.54) is 30.4 Å². The third kappa shape index (κ3) is 3.89. The molecule has 2 saturated carbocycles. The fourth-order valence-electron chi connectivity index (χ4n) is 6.72. The van der Waals surface area contributed by atoms with Gasteiger partial charge in [-0.1, -0.05) is 30.3 Å². The summed E-state index contributed by atoms with van der Waals surface area (Å²) in [6.07, 6.45) is 3.90. The minimum atomic E-state index is -0.359. The molecular formula is C30H30N2O3. The Kier molecular flexibility index (Phi) is 5.56. The number of carbonyl (C=O) groups excluding carboxylic acids is 2. The number of amides is 1. The summed E-state index contributed by atoms with van der Waals surface area (Å²) in [5.74, 6) is 2.00. The van der Waals surface area contributed by atoms with E-state index in [4.69, 9.17) is 4.74 Å². The van der Waals surface area contributed by atoms with Crippen LogP contribution >= 0.6 is 0 Å². The van der Waals surface area contributed by atoms with Gasteiger partial charge in [0.2, 0.25) is 0 Å². The van der Waals surface area contributed by atoms with E-state index in [1.807, 2.05) is 6.07 Å². The van der Waals surface area contributed by atoms with E-state index in [0.717, 1.165) is 11.6 Å². The summed E-state index contributed by atoms with van der Waals surface area (Å²) in [6, 6.07) is 24.0. The van der Waals surface area contributed by atoms with E-state index in [2.05, 4.69) is 53.1 Å². The maximum atomic E-state index is 13.1. The van der Waals surface area contributed by atoms with Gasteiger partial charge in [-0.3, -0.25) is 4.79 Å². The van der Waals surface area contributed by atoms with Crippen molar-refractivity contribution in [3.8, 4) is 0 Å². The van der Waals surface area contributed by atoms with Crippen LogP contribution in [0.4, 0.5) is 11.4 Å². The Morgan fingerprint density at radius 1 is 0.943 bits per heavy atom. The van der Waals surface area contributed by atoms with Gasteiger partial charge in [0.05, 0.1) is 18.2 Å². The fourth-order valence-corrected chi connectivity index (χ4v) is 6.72. The van der Waals surface area contributed by atoms with Gasteiger partial charge in [-0.25, -0.2) is 4.79 Å². The molecule has 6 rings (SSSR count). The summed E-state index contributed by atoms with van der Waals surface area (Å²) in [6.45, 7) is 2.11. The van der Waals surface area contributed by atoms with Crippen molar-refractivity contribution in [3.63, 3.8) is 0 Å². The Balaban J connectivity index is 1.26. The number of fused-ring (bicyclic) bond motifs is 7. The summed E-state index contributed by atoms with van der Waals surface area (Å²) in [5.41, 5.74) is 5.59. The van der Waals surface area contributed by atoms with Gasteiger partial charge in [0, 0.05) is 16.9 Å². The third-order valence-corrected chi connectivity index (χ3v) is 8.16. The monoisotopic (exact) mass is 466 g/mol. The number of hydrogen-bond acceptors (Lipinski definition) is 4.